The predicted molar refractivity (Wildman–Crippen MR) is 149 cm³/mol. The van der Waals surface area contributed by atoms with Crippen LogP contribution in [0.3, 0.4) is 0 Å². The van der Waals surface area contributed by atoms with E-state index in [0.717, 1.165) is 0 Å². The highest BCUT2D eigenvalue weighted by Gasteiger charge is 2.57. The molecule has 6 atom stereocenters. The molecule has 11 nitrogen and oxygen atoms in total. The van der Waals surface area contributed by atoms with E-state index < -0.39 is 43.1 Å². The first-order valence-corrected chi connectivity index (χ1v) is 15.1. The summed E-state index contributed by atoms with van der Waals surface area (Å²) in [4.78, 5) is 31.6. The van der Waals surface area contributed by atoms with E-state index in [1.54, 1.807) is 37.3 Å². The number of Topliss-reactive ketones (excluding diaryl/α,β-unsaturated/α-hetero) is 2. The highest BCUT2D eigenvalue weighted by atomic mass is 79.9. The highest BCUT2D eigenvalue weighted by molar-refractivity contribution is 9.10. The molecule has 4 rings (SSSR count). The lowest BCUT2D eigenvalue weighted by molar-refractivity contribution is -0.120. The zero-order chi connectivity index (χ0) is 29.2. The van der Waals surface area contributed by atoms with Gasteiger partial charge in [0.05, 0.1) is 18.2 Å². The van der Waals surface area contributed by atoms with Crippen LogP contribution >= 0.6 is 23.5 Å². The van der Waals surface area contributed by atoms with Crippen molar-refractivity contribution in [2.24, 2.45) is 5.92 Å². The number of carbonyl (C=O) groups is 2. The van der Waals surface area contributed by atoms with E-state index in [4.69, 9.17) is 19.5 Å². The molecule has 1 aliphatic rings. The van der Waals surface area contributed by atoms with E-state index in [1.807, 2.05) is 0 Å². The van der Waals surface area contributed by atoms with Gasteiger partial charge in [0.25, 0.3) is 0 Å². The van der Waals surface area contributed by atoms with Crippen LogP contribution in [-0.4, -0.2) is 60.8 Å². The number of ketones is 2. The van der Waals surface area contributed by atoms with Gasteiger partial charge >= 0.3 is 7.60 Å². The average molecular weight is 641 g/mol. The van der Waals surface area contributed by atoms with Gasteiger partial charge in [0.1, 0.15) is 47.3 Å². The van der Waals surface area contributed by atoms with E-state index in [0.29, 0.717) is 23.0 Å². The number of nitrogens with two attached hydrogens (primary N) is 1. The van der Waals surface area contributed by atoms with Crippen LogP contribution in [0, 0.1) is 5.92 Å². The van der Waals surface area contributed by atoms with Gasteiger partial charge in [-0.15, -0.1) is 0 Å². The second-order valence-electron chi connectivity index (χ2n) is 9.87. The maximum Gasteiger partial charge on any atom is 0.380 e. The third kappa shape index (κ3) is 6.44. The van der Waals surface area contributed by atoms with Crippen molar-refractivity contribution in [2.75, 3.05) is 18.5 Å². The Labute approximate surface area is 238 Å². The second-order valence-corrected chi connectivity index (χ2v) is 13.1. The van der Waals surface area contributed by atoms with Crippen LogP contribution in [-0.2, 0) is 29.8 Å². The van der Waals surface area contributed by atoms with Crippen molar-refractivity contribution >= 4 is 51.9 Å². The van der Waals surface area contributed by atoms with Gasteiger partial charge in [-0.3, -0.25) is 9.32 Å². The molecular weight excluding hydrogens is 610 g/mol. The number of nitrogens with zero attached hydrogens (tertiary/aromatic N) is 3. The van der Waals surface area contributed by atoms with Crippen LogP contribution in [0.2, 0.25) is 0 Å². The number of para-hydroxylation sites is 1. The number of carbonyl (C=O) groups excluding carboxylic acids is 2. The third-order valence-electron chi connectivity index (χ3n) is 6.76. The van der Waals surface area contributed by atoms with E-state index in [-0.39, 0.29) is 35.7 Å². The van der Waals surface area contributed by atoms with Gasteiger partial charge in [-0.1, -0.05) is 25.1 Å². The first kappa shape index (κ1) is 30.3. The van der Waals surface area contributed by atoms with Gasteiger partial charge in [0.2, 0.25) is 4.58 Å². The second kappa shape index (κ2) is 12.0. The van der Waals surface area contributed by atoms with Crippen LogP contribution in [0.5, 0.6) is 5.75 Å². The predicted octanol–water partition coefficient (Wildman–Crippen LogP) is 4.37. The van der Waals surface area contributed by atoms with Crippen molar-refractivity contribution in [1.82, 2.24) is 14.5 Å². The van der Waals surface area contributed by atoms with Gasteiger partial charge in [0.15, 0.2) is 6.23 Å². The molecule has 3 aromatic rings. The Bertz CT molecular complexity index is 1450. The zero-order valence-corrected chi connectivity index (χ0v) is 24.7. The lowest BCUT2D eigenvalue weighted by Gasteiger charge is -2.25. The van der Waals surface area contributed by atoms with Crippen LogP contribution in [0.1, 0.15) is 39.0 Å². The van der Waals surface area contributed by atoms with Gasteiger partial charge in [-0.05, 0) is 53.9 Å². The first-order valence-electron chi connectivity index (χ1n) is 12.6. The SMILES string of the molecule is CC(=O)CCc1ccccc1OP(=O)(C[C@@H](C)C(C)=O)OC[C@H]1O[C@@H](n2ccc3c(N)ncnc32)C(F)(Br)[C@H]1O. The molecule has 40 heavy (non-hydrogen) atoms. The highest BCUT2D eigenvalue weighted by Crippen LogP contribution is 2.53. The molecule has 1 fully saturated rings. The van der Waals surface area contributed by atoms with Crippen molar-refractivity contribution in [2.45, 2.75) is 56.6 Å². The summed E-state index contributed by atoms with van der Waals surface area (Å²) in [5, 5.41) is 11.3. The number of fused-ring (bicyclic) bond motifs is 1. The molecule has 14 heteroatoms. The Morgan fingerprint density at radius 2 is 2.02 bits per heavy atom. The van der Waals surface area contributed by atoms with Crippen molar-refractivity contribution in [3.63, 3.8) is 0 Å². The molecule has 3 heterocycles. The number of aliphatic hydroxyl groups is 1. The fourth-order valence-electron chi connectivity index (χ4n) is 4.31. The first-order chi connectivity index (χ1) is 18.8. The van der Waals surface area contributed by atoms with E-state index >= 15 is 4.39 Å². The number of anilines is 1. The van der Waals surface area contributed by atoms with Crippen molar-refractivity contribution in [3.05, 3.63) is 48.4 Å². The minimum Gasteiger partial charge on any atom is -0.424 e. The van der Waals surface area contributed by atoms with Crippen LogP contribution < -0.4 is 10.3 Å². The summed E-state index contributed by atoms with van der Waals surface area (Å²) >= 11 is 2.95. The monoisotopic (exact) mass is 640 g/mol. The third-order valence-corrected chi connectivity index (χ3v) is 9.63. The maximum absolute atomic E-state index is 15.8. The minimum absolute atomic E-state index is 0.0181. The Morgan fingerprint density at radius 1 is 1.30 bits per heavy atom. The van der Waals surface area contributed by atoms with Gasteiger partial charge in [-0.2, -0.15) is 0 Å². The molecule has 2 unspecified atom stereocenters. The summed E-state index contributed by atoms with van der Waals surface area (Å²) in [5.41, 5.74) is 6.82. The smallest absolute Gasteiger partial charge is 0.380 e. The number of hydrogen-bond acceptors (Lipinski definition) is 10. The van der Waals surface area contributed by atoms with Crippen LogP contribution in [0.4, 0.5) is 10.2 Å². The summed E-state index contributed by atoms with van der Waals surface area (Å²) in [6.45, 7) is 3.92. The Kier molecular flexibility index (Phi) is 9.11. The minimum atomic E-state index is -4.05. The lowest BCUT2D eigenvalue weighted by atomic mass is 10.1. The summed E-state index contributed by atoms with van der Waals surface area (Å²) in [7, 11) is -4.05. The Morgan fingerprint density at radius 3 is 2.73 bits per heavy atom. The fourth-order valence-corrected chi connectivity index (χ4v) is 6.95. The molecule has 0 saturated carbocycles. The number of alkyl halides is 2. The van der Waals surface area contributed by atoms with Gasteiger partial charge < -0.3 is 29.5 Å². The van der Waals surface area contributed by atoms with Crippen LogP contribution in [0.15, 0.2) is 42.9 Å². The Balaban J connectivity index is 1.57. The van der Waals surface area contributed by atoms with Gasteiger partial charge in [-0.25, -0.2) is 18.9 Å². The van der Waals surface area contributed by atoms with E-state index in [1.165, 1.54) is 30.9 Å². The number of ether oxygens (including phenoxy) is 1. The van der Waals surface area contributed by atoms with Crippen molar-refractivity contribution < 1.29 is 37.4 Å². The number of hydrogen-bond donors (Lipinski definition) is 2. The Hall–Kier alpha value is -2.70. The number of halogens is 2. The largest absolute Gasteiger partial charge is 0.424 e. The topological polar surface area (TPSA) is 156 Å². The van der Waals surface area contributed by atoms with E-state index in [9.17, 15) is 19.3 Å². The fraction of sp³-hybridized carbons (Fsp3) is 0.462. The standard InChI is InChI=1S/C26H31BrFN4O7P/c1-15(17(3)34)13-40(36,39-20-7-5-4-6-18(20)9-8-16(2)33)37-12-21-22(35)26(27,28)25(38-21)32-11-10-19-23(29)30-14-31-24(19)32/h4-7,10-11,14-15,21-22,25,35H,8-9,12-13H2,1-3H3,(H2,29,30,31)/t15-,21-,22+,25-,26?,40?/m1/s1. The molecule has 3 N–H and O–H groups in total. The van der Waals surface area contributed by atoms with Gasteiger partial charge in [0, 0.05) is 18.5 Å². The molecule has 0 amide bonds. The molecule has 1 aliphatic heterocycles. The number of aromatic nitrogens is 3. The number of nitrogen functional groups attached to an aromatic ring is 1. The van der Waals surface area contributed by atoms with Crippen molar-refractivity contribution in [1.29, 1.82) is 0 Å². The molecule has 0 spiro atoms. The summed E-state index contributed by atoms with van der Waals surface area (Å²) in [6, 6.07) is 8.37. The molecular formula is C26H31BrFN4O7P. The quantitative estimate of drug-likeness (QED) is 0.215. The number of aryl methyl sites for hydroxylation is 1. The molecule has 1 aromatic carbocycles. The summed E-state index contributed by atoms with van der Waals surface area (Å²) < 4.78 is 46.2. The average Bonchev–Trinajstić information content (AvgIpc) is 3.41. The number of aliphatic hydroxyl groups excluding tert-OH is 1. The molecule has 0 radical (unpaired) electrons. The van der Waals surface area contributed by atoms with Crippen LogP contribution in [0.25, 0.3) is 11.0 Å². The number of benzene rings is 1. The summed E-state index contributed by atoms with van der Waals surface area (Å²) in [5.74, 6) is -0.480. The normalized spacial score (nSPS) is 25.0. The van der Waals surface area contributed by atoms with Crippen molar-refractivity contribution in [3.8, 4) is 5.75 Å². The molecule has 216 valence electrons. The molecule has 0 aliphatic carbocycles. The molecule has 2 aromatic heterocycles. The molecule has 0 bridgehead atoms. The lowest BCUT2D eigenvalue weighted by Crippen LogP contribution is -2.38. The summed E-state index contributed by atoms with van der Waals surface area (Å²) in [6.07, 6.45) is -1.31. The maximum atomic E-state index is 15.8. The van der Waals surface area contributed by atoms with E-state index in [2.05, 4.69) is 25.9 Å². The number of rotatable bonds is 12. The zero-order valence-electron chi connectivity index (χ0n) is 22.2. The molecule has 1 saturated heterocycles.